The van der Waals surface area contributed by atoms with Crippen LogP contribution in [0.3, 0.4) is 0 Å². The summed E-state index contributed by atoms with van der Waals surface area (Å²) in [6.45, 7) is 12.7. The maximum Gasteiger partial charge on any atom is 0 e. The van der Waals surface area contributed by atoms with Crippen LogP contribution < -0.4 is 0 Å². The third-order valence-corrected chi connectivity index (χ3v) is 0.0373. The van der Waals surface area contributed by atoms with Crippen molar-refractivity contribution < 1.29 is 53.9 Å². The van der Waals surface area contributed by atoms with Gasteiger partial charge in [-0.15, -0.1) is 0 Å². The molecule has 0 aromatic heterocycles. The largest absolute Gasteiger partial charge is 0.509 e. The Hall–Kier alpha value is -0.211. The summed E-state index contributed by atoms with van der Waals surface area (Å²) < 4.78 is 0. The number of hydrogen-bond acceptors (Lipinski definition) is 3. The van der Waals surface area contributed by atoms with Gasteiger partial charge in [0.2, 0.25) is 0 Å². The second kappa shape index (κ2) is 2540. The third kappa shape index (κ3) is 11200. The van der Waals surface area contributed by atoms with Gasteiger partial charge in [-0.2, -0.15) is 0 Å². The molecule has 0 saturated carbocycles. The maximum atomic E-state index is 8.58. The zero-order valence-electron chi connectivity index (χ0n) is 10.1. The van der Waals surface area contributed by atoms with E-state index in [9.17, 15) is 0 Å². The van der Waals surface area contributed by atoms with E-state index >= 15 is 0 Å². The van der Waals surface area contributed by atoms with Gasteiger partial charge in [0.15, 0.2) is 0 Å². The fraction of sp³-hybridized carbons (Fsp3) is 0.929. The Morgan fingerprint density at radius 2 is 0.636 bits per heavy atom. The van der Waals surface area contributed by atoms with Crippen LogP contribution in [0.2, 0.25) is 0 Å². The van der Waals surface area contributed by atoms with Crippen LogP contribution in [-0.2, 0) is 26.8 Å². The summed E-state index contributed by atoms with van der Waals surface area (Å²) in [6.07, 6.45) is 0. The second-order valence-electron chi connectivity index (χ2n) is 0.175. The minimum absolute atomic E-state index is 0. The average molecular weight is 391 g/mol. The van der Waals surface area contributed by atoms with Gasteiger partial charge in [-0.1, -0.05) is 93.5 Å². The Morgan fingerprint density at radius 3 is 0.636 bits per heavy atom. The van der Waals surface area contributed by atoms with Crippen molar-refractivity contribution in [1.82, 2.24) is 0 Å². The molecule has 0 unspecified atom stereocenters. The number of carbonyl (C=O) groups excluding carboxylic acids is 1. The molecule has 9 N–H and O–H groups in total. The van der Waals surface area contributed by atoms with Gasteiger partial charge in [-0.05, 0) is 6.47 Å². The van der Waals surface area contributed by atoms with Crippen LogP contribution in [0.5, 0.6) is 0 Å². The predicted molar refractivity (Wildman–Crippen MR) is 105 cm³/mol. The minimum Gasteiger partial charge on any atom is -0.509 e. The van der Waals surface area contributed by atoms with Crippen molar-refractivity contribution in [3.63, 3.8) is 0 Å². The predicted octanol–water partition coefficient (Wildman–Crippen LogP) is 3.77. The minimum atomic E-state index is 0. The Morgan fingerprint density at radius 1 is 0.591 bits per heavy atom. The molecule has 0 aromatic rings. The molecule has 0 bridgehead atoms. The molecule has 0 spiro atoms. The summed E-state index contributed by atoms with van der Waals surface area (Å²) in [6, 6.07) is 0. The van der Waals surface area contributed by atoms with E-state index < -0.39 is 0 Å². The maximum absolute atomic E-state index is 8.58. The van der Waals surface area contributed by atoms with Gasteiger partial charge in [0, 0.05) is 17.1 Å². The molecule has 0 aliphatic rings. The smallest absolute Gasteiger partial charge is 0 e. The van der Waals surface area contributed by atoms with Crippen LogP contribution in [0.25, 0.3) is 0 Å². The van der Waals surface area contributed by atoms with E-state index in [0.717, 1.165) is 6.47 Å². The fourth-order valence-electron chi connectivity index (χ4n) is 0. The molecule has 0 fully saturated rings. The Balaban J connectivity index is -0.00000000136. The molecular weight excluding hydrogens is 335 g/mol. The molecule has 0 rings (SSSR count). The van der Waals surface area contributed by atoms with Crippen molar-refractivity contribution in [1.29, 1.82) is 0 Å². The Bertz CT molecular complexity index is 39.2. The average Bonchev–Trinajstić information content (AvgIpc) is 2.14. The molecule has 8 heteroatoms. The molecule has 0 saturated heterocycles. The molecular formula is C14H55MnO7-. The van der Waals surface area contributed by atoms with Crippen LogP contribution >= 0.6 is 0 Å². The first kappa shape index (κ1) is 281. The van der Waals surface area contributed by atoms with Crippen LogP contribution in [0, 0.1) is 0 Å². The summed E-state index contributed by atoms with van der Waals surface area (Å²) in [7, 11) is 0. The molecule has 0 amide bonds. The quantitative estimate of drug-likeness (QED) is 0.311. The molecule has 22 heavy (non-hydrogen) atoms. The summed E-state index contributed by atoms with van der Waals surface area (Å²) in [5, 5.41) is 6.95. The molecule has 0 aliphatic carbocycles. The van der Waals surface area contributed by atoms with Crippen LogP contribution in [0.1, 0.15) is 93.5 Å². The monoisotopic (exact) mass is 390 g/mol. The van der Waals surface area contributed by atoms with Crippen LogP contribution in [-0.4, -0.2) is 33.6 Å². The van der Waals surface area contributed by atoms with Crippen molar-refractivity contribution in [2.24, 2.45) is 0 Å². The van der Waals surface area contributed by atoms with Gasteiger partial charge >= 0.3 is 0 Å². The van der Waals surface area contributed by atoms with Crippen LogP contribution in [0.15, 0.2) is 0 Å². The Kier molecular flexibility index (Phi) is 32500. The van der Waals surface area contributed by atoms with E-state index in [1.165, 1.54) is 0 Å². The van der Waals surface area contributed by atoms with Gasteiger partial charge in [-0.25, -0.2) is 5.26 Å². The third-order valence-electron chi connectivity index (χ3n) is 0.0373. The van der Waals surface area contributed by atoms with Crippen LogP contribution in [0.4, 0.5) is 0 Å². The summed E-state index contributed by atoms with van der Waals surface area (Å²) in [5.74, 6) is 0. The standard InChI is InChI=1S/3C2H6.CHO3.7CH4.Mn.4H2O/c3*1-2;2-1-4-3;;;;;;;;;;;;/h3*1-2H3;3H;7*1H4;;4*1H2/q;;;-1;;;;;;;;;;;;. The van der Waals surface area contributed by atoms with Crippen molar-refractivity contribution in [2.45, 2.75) is 93.5 Å². The first-order valence-corrected chi connectivity index (χ1v) is 3.59. The van der Waals surface area contributed by atoms with Crippen molar-refractivity contribution in [3.8, 4) is 0 Å². The van der Waals surface area contributed by atoms with Gasteiger partial charge in [0.1, 0.15) is 0 Å². The molecule has 0 heterocycles. The Labute approximate surface area is 154 Å². The topological polar surface area (TPSA) is 173 Å². The van der Waals surface area contributed by atoms with Crippen molar-refractivity contribution in [2.75, 3.05) is 0 Å². The molecule has 0 aromatic carbocycles. The summed E-state index contributed by atoms with van der Waals surface area (Å²) in [4.78, 5) is 11.3. The zero-order chi connectivity index (χ0) is 9.41. The van der Waals surface area contributed by atoms with Gasteiger partial charge in [0.25, 0.3) is 0 Å². The zero-order valence-corrected chi connectivity index (χ0v) is 11.3. The van der Waals surface area contributed by atoms with E-state index in [2.05, 4.69) is 4.89 Å². The second-order valence-corrected chi connectivity index (χ2v) is 0.175. The van der Waals surface area contributed by atoms with Gasteiger partial charge in [-0.3, -0.25) is 0 Å². The van der Waals surface area contributed by atoms with E-state index in [1.54, 1.807) is 0 Å². The normalized spacial score (nSPS) is 1.77. The first-order chi connectivity index (χ1) is 4.91. The summed E-state index contributed by atoms with van der Waals surface area (Å²) >= 11 is 0. The fourth-order valence-corrected chi connectivity index (χ4v) is 0. The van der Waals surface area contributed by atoms with Gasteiger partial charge in [0.05, 0.1) is 0 Å². The van der Waals surface area contributed by atoms with E-state index in [0.29, 0.717) is 0 Å². The molecule has 7 nitrogen and oxygen atoms in total. The first-order valence-electron chi connectivity index (χ1n) is 3.59. The molecule has 0 aliphatic heterocycles. The number of rotatable bonds is 1. The molecule has 1 radical (unpaired) electrons. The van der Waals surface area contributed by atoms with E-state index in [-0.39, 0.29) is 91.0 Å². The summed E-state index contributed by atoms with van der Waals surface area (Å²) in [5.41, 5.74) is 0. The van der Waals surface area contributed by atoms with E-state index in [1.807, 2.05) is 41.5 Å². The molecule has 0 atom stereocenters. The SMILES string of the molecule is C.C.C.C.C.C.C.CC.CC.CC.O.O.O.O.O=[C-]OO.[Mn]. The number of hydrogen-bond donors (Lipinski definition) is 1. The van der Waals surface area contributed by atoms with Crippen molar-refractivity contribution in [3.05, 3.63) is 0 Å². The van der Waals surface area contributed by atoms with Crippen molar-refractivity contribution >= 4 is 6.47 Å². The molecule has 161 valence electrons. The van der Waals surface area contributed by atoms with Gasteiger partial charge < -0.3 is 31.6 Å². The van der Waals surface area contributed by atoms with E-state index in [4.69, 9.17) is 10.1 Å².